The fourth-order valence-corrected chi connectivity index (χ4v) is 3.06. The molecule has 3 rings (SSSR count). The second-order valence-corrected chi connectivity index (χ2v) is 5.99. The molecule has 1 aliphatic rings. The SMILES string of the molecule is Cc1ccc(CC(N)CC2OCCc3ccccc32)cc1. The van der Waals surface area contributed by atoms with Crippen molar-refractivity contribution in [2.24, 2.45) is 5.73 Å². The quantitative estimate of drug-likeness (QED) is 0.930. The van der Waals surface area contributed by atoms with Crippen LogP contribution in [-0.4, -0.2) is 12.6 Å². The van der Waals surface area contributed by atoms with Crippen molar-refractivity contribution in [3.8, 4) is 0 Å². The molecule has 1 aliphatic heterocycles. The van der Waals surface area contributed by atoms with E-state index in [2.05, 4.69) is 55.5 Å². The minimum atomic E-state index is 0.129. The lowest BCUT2D eigenvalue weighted by atomic mass is 9.92. The Morgan fingerprint density at radius 3 is 2.71 bits per heavy atom. The van der Waals surface area contributed by atoms with Gasteiger partial charge in [-0.15, -0.1) is 0 Å². The van der Waals surface area contributed by atoms with Crippen LogP contribution in [0.4, 0.5) is 0 Å². The second kappa shape index (κ2) is 6.42. The lowest BCUT2D eigenvalue weighted by molar-refractivity contribution is 0.0321. The van der Waals surface area contributed by atoms with E-state index >= 15 is 0 Å². The van der Waals surface area contributed by atoms with Crippen LogP contribution < -0.4 is 5.73 Å². The lowest BCUT2D eigenvalue weighted by Gasteiger charge is -2.28. The van der Waals surface area contributed by atoms with E-state index in [-0.39, 0.29) is 12.1 Å². The maximum atomic E-state index is 6.35. The summed E-state index contributed by atoms with van der Waals surface area (Å²) in [7, 11) is 0. The predicted octanol–water partition coefficient (Wildman–Crippen LogP) is 3.57. The van der Waals surface area contributed by atoms with Crippen molar-refractivity contribution < 1.29 is 4.74 Å². The third-order valence-corrected chi connectivity index (χ3v) is 4.23. The minimum Gasteiger partial charge on any atom is -0.373 e. The van der Waals surface area contributed by atoms with Gasteiger partial charge in [-0.1, -0.05) is 54.1 Å². The number of nitrogens with two attached hydrogens (primary N) is 1. The molecule has 2 aromatic rings. The van der Waals surface area contributed by atoms with Crippen LogP contribution in [0.25, 0.3) is 0 Å². The highest BCUT2D eigenvalue weighted by Gasteiger charge is 2.22. The zero-order valence-corrected chi connectivity index (χ0v) is 12.6. The summed E-state index contributed by atoms with van der Waals surface area (Å²) in [5, 5.41) is 0. The van der Waals surface area contributed by atoms with Crippen molar-refractivity contribution in [3.05, 3.63) is 70.8 Å². The van der Waals surface area contributed by atoms with Crippen LogP contribution in [0.15, 0.2) is 48.5 Å². The Balaban J connectivity index is 1.65. The summed E-state index contributed by atoms with van der Waals surface area (Å²) in [6.45, 7) is 2.91. The Labute approximate surface area is 126 Å². The smallest absolute Gasteiger partial charge is 0.0842 e. The van der Waals surface area contributed by atoms with Crippen LogP contribution in [0.3, 0.4) is 0 Å². The maximum absolute atomic E-state index is 6.35. The molecule has 0 fully saturated rings. The Bertz CT molecular complexity index is 591. The molecule has 2 N–H and O–H groups in total. The summed E-state index contributed by atoms with van der Waals surface area (Å²) in [5.74, 6) is 0. The number of hydrogen-bond donors (Lipinski definition) is 1. The third-order valence-electron chi connectivity index (χ3n) is 4.23. The normalized spacial score (nSPS) is 19.0. The molecule has 2 unspecified atom stereocenters. The molecule has 0 aromatic heterocycles. The molecule has 2 atom stereocenters. The van der Waals surface area contributed by atoms with Crippen molar-refractivity contribution >= 4 is 0 Å². The van der Waals surface area contributed by atoms with Crippen molar-refractivity contribution in [1.82, 2.24) is 0 Å². The van der Waals surface area contributed by atoms with Crippen molar-refractivity contribution in [1.29, 1.82) is 0 Å². The summed E-state index contributed by atoms with van der Waals surface area (Å²) in [6.07, 6.45) is 2.95. The van der Waals surface area contributed by atoms with E-state index in [1.165, 1.54) is 22.3 Å². The van der Waals surface area contributed by atoms with E-state index in [1.807, 2.05) is 0 Å². The molecule has 2 nitrogen and oxygen atoms in total. The molecule has 2 aromatic carbocycles. The van der Waals surface area contributed by atoms with Gasteiger partial charge in [0.2, 0.25) is 0 Å². The van der Waals surface area contributed by atoms with Gasteiger partial charge in [0.25, 0.3) is 0 Å². The third kappa shape index (κ3) is 3.52. The molecule has 21 heavy (non-hydrogen) atoms. The summed E-state index contributed by atoms with van der Waals surface area (Å²) in [4.78, 5) is 0. The van der Waals surface area contributed by atoms with Gasteiger partial charge >= 0.3 is 0 Å². The highest BCUT2D eigenvalue weighted by Crippen LogP contribution is 2.30. The first-order chi connectivity index (χ1) is 10.2. The van der Waals surface area contributed by atoms with Crippen LogP contribution >= 0.6 is 0 Å². The maximum Gasteiger partial charge on any atom is 0.0842 e. The summed E-state index contributed by atoms with van der Waals surface area (Å²) in [5.41, 5.74) is 11.7. The van der Waals surface area contributed by atoms with Crippen molar-refractivity contribution in [3.63, 3.8) is 0 Å². The molecule has 110 valence electrons. The molecule has 0 amide bonds. The van der Waals surface area contributed by atoms with Gasteiger partial charge in [-0.25, -0.2) is 0 Å². The number of fused-ring (bicyclic) bond motifs is 1. The van der Waals surface area contributed by atoms with E-state index in [9.17, 15) is 0 Å². The number of ether oxygens (including phenoxy) is 1. The van der Waals surface area contributed by atoms with Gasteiger partial charge in [-0.2, -0.15) is 0 Å². The minimum absolute atomic E-state index is 0.129. The Kier molecular flexibility index (Phi) is 4.37. The van der Waals surface area contributed by atoms with E-state index < -0.39 is 0 Å². The molecule has 0 saturated carbocycles. The van der Waals surface area contributed by atoms with E-state index in [1.54, 1.807) is 0 Å². The van der Waals surface area contributed by atoms with Gasteiger partial charge in [0.15, 0.2) is 0 Å². The molecule has 1 heterocycles. The first-order valence-corrected chi connectivity index (χ1v) is 7.73. The average Bonchev–Trinajstić information content (AvgIpc) is 2.50. The number of benzene rings is 2. The average molecular weight is 281 g/mol. The van der Waals surface area contributed by atoms with Gasteiger partial charge in [0.1, 0.15) is 0 Å². The fraction of sp³-hybridized carbons (Fsp3) is 0.368. The van der Waals surface area contributed by atoms with Gasteiger partial charge in [0.05, 0.1) is 12.7 Å². The van der Waals surface area contributed by atoms with Crippen molar-refractivity contribution in [2.75, 3.05) is 6.61 Å². The molecule has 0 radical (unpaired) electrons. The number of aryl methyl sites for hydroxylation is 1. The first kappa shape index (κ1) is 14.3. The standard InChI is InChI=1S/C19H23NO/c1-14-6-8-15(9-7-14)12-17(20)13-19-18-5-3-2-4-16(18)10-11-21-19/h2-9,17,19H,10-13,20H2,1H3. The molecule has 0 spiro atoms. The molecule has 2 heteroatoms. The van der Waals surface area contributed by atoms with Crippen LogP contribution in [0.2, 0.25) is 0 Å². The van der Waals surface area contributed by atoms with E-state index in [4.69, 9.17) is 10.5 Å². The van der Waals surface area contributed by atoms with Gasteiger partial charge < -0.3 is 10.5 Å². The highest BCUT2D eigenvalue weighted by molar-refractivity contribution is 5.31. The monoisotopic (exact) mass is 281 g/mol. The van der Waals surface area contributed by atoms with Crippen LogP contribution in [0, 0.1) is 6.92 Å². The second-order valence-electron chi connectivity index (χ2n) is 5.99. The Morgan fingerprint density at radius 1 is 1.14 bits per heavy atom. The van der Waals surface area contributed by atoms with E-state index in [0.717, 1.165) is 25.9 Å². The summed E-state index contributed by atoms with van der Waals surface area (Å²) in [6, 6.07) is 17.3. The topological polar surface area (TPSA) is 35.2 Å². The van der Waals surface area contributed by atoms with Gasteiger partial charge in [-0.05, 0) is 42.9 Å². The van der Waals surface area contributed by atoms with Crippen LogP contribution in [-0.2, 0) is 17.6 Å². The lowest BCUT2D eigenvalue weighted by Crippen LogP contribution is -2.28. The predicted molar refractivity (Wildman–Crippen MR) is 86.3 cm³/mol. The number of rotatable bonds is 4. The van der Waals surface area contributed by atoms with Gasteiger partial charge in [-0.3, -0.25) is 0 Å². The highest BCUT2D eigenvalue weighted by atomic mass is 16.5. The zero-order chi connectivity index (χ0) is 14.7. The molecule has 0 saturated heterocycles. The number of hydrogen-bond acceptors (Lipinski definition) is 2. The van der Waals surface area contributed by atoms with Crippen LogP contribution in [0.1, 0.15) is 34.8 Å². The van der Waals surface area contributed by atoms with Gasteiger partial charge in [0, 0.05) is 6.04 Å². The molecular weight excluding hydrogens is 258 g/mol. The summed E-state index contributed by atoms with van der Waals surface area (Å²) < 4.78 is 5.95. The summed E-state index contributed by atoms with van der Waals surface area (Å²) >= 11 is 0. The zero-order valence-electron chi connectivity index (χ0n) is 12.6. The molecular formula is C19H23NO. The molecule has 0 aliphatic carbocycles. The van der Waals surface area contributed by atoms with Crippen molar-refractivity contribution in [2.45, 2.75) is 38.3 Å². The first-order valence-electron chi connectivity index (χ1n) is 7.73. The fourth-order valence-electron chi connectivity index (χ4n) is 3.06. The van der Waals surface area contributed by atoms with E-state index in [0.29, 0.717) is 0 Å². The Hall–Kier alpha value is -1.64. The molecule has 0 bridgehead atoms. The van der Waals surface area contributed by atoms with Crippen LogP contribution in [0.5, 0.6) is 0 Å². The Morgan fingerprint density at radius 2 is 1.90 bits per heavy atom. The largest absolute Gasteiger partial charge is 0.373 e.